The summed E-state index contributed by atoms with van der Waals surface area (Å²) in [5.74, 6) is 0.790. The van der Waals surface area contributed by atoms with Gasteiger partial charge < -0.3 is 4.90 Å². The maximum Gasteiger partial charge on any atom is 0.238 e. The lowest BCUT2D eigenvalue weighted by atomic mass is 10.1. The van der Waals surface area contributed by atoms with Gasteiger partial charge >= 0.3 is 0 Å². The van der Waals surface area contributed by atoms with Crippen LogP contribution in [0.15, 0.2) is 0 Å². The minimum absolute atomic E-state index is 0.527. The molecule has 0 unspecified atom stereocenters. The summed E-state index contributed by atoms with van der Waals surface area (Å²) in [6.07, 6.45) is 4.54. The molecule has 0 N–H and O–H groups in total. The Morgan fingerprint density at radius 2 is 2.17 bits per heavy atom. The number of hydrogen-bond acceptors (Lipinski definition) is 4. The van der Waals surface area contributed by atoms with Gasteiger partial charge in [-0.3, -0.25) is 0 Å². The fraction of sp³-hybridized carbons (Fsp3) is 0.571. The standard InChI is InChI=1S/C7H9ClN3S/c8-6-9-7(10-12-6)11-4-2-1-3-5-11/h1H,2-5H2. The monoisotopic (exact) mass is 202 g/mol. The molecule has 1 radical (unpaired) electrons. The molecule has 1 saturated heterocycles. The van der Waals surface area contributed by atoms with Crippen LogP contribution in [0, 0.1) is 6.42 Å². The van der Waals surface area contributed by atoms with E-state index in [1.807, 2.05) is 0 Å². The molecule has 3 nitrogen and oxygen atoms in total. The van der Waals surface area contributed by atoms with Crippen molar-refractivity contribution in [1.82, 2.24) is 9.36 Å². The molecule has 1 aliphatic rings. The first-order valence-corrected chi connectivity index (χ1v) is 5.07. The molecule has 1 aliphatic heterocycles. The molecular weight excluding hydrogens is 194 g/mol. The summed E-state index contributed by atoms with van der Waals surface area (Å²) in [7, 11) is 0. The molecule has 2 rings (SSSR count). The zero-order valence-corrected chi connectivity index (χ0v) is 8.11. The molecule has 1 fully saturated rings. The molecule has 0 aliphatic carbocycles. The van der Waals surface area contributed by atoms with Crippen LogP contribution in [0.3, 0.4) is 0 Å². The second kappa shape index (κ2) is 3.58. The second-order valence-corrected chi connectivity index (χ2v) is 4.03. The highest BCUT2D eigenvalue weighted by atomic mass is 35.5. The molecule has 1 aromatic rings. The first-order valence-electron chi connectivity index (χ1n) is 3.92. The minimum Gasteiger partial charge on any atom is -0.340 e. The van der Waals surface area contributed by atoms with Crippen molar-refractivity contribution in [2.24, 2.45) is 0 Å². The third-order valence-corrected chi connectivity index (χ3v) is 2.67. The minimum atomic E-state index is 0.527. The van der Waals surface area contributed by atoms with E-state index in [1.54, 1.807) is 0 Å². The second-order valence-electron chi connectivity index (χ2n) is 2.70. The first-order chi connectivity index (χ1) is 5.86. The van der Waals surface area contributed by atoms with E-state index in [0.29, 0.717) is 4.47 Å². The summed E-state index contributed by atoms with van der Waals surface area (Å²) < 4.78 is 4.68. The number of rotatable bonds is 1. The first kappa shape index (κ1) is 8.26. The van der Waals surface area contributed by atoms with Gasteiger partial charge in [-0.25, -0.2) is 0 Å². The average Bonchev–Trinajstić information content (AvgIpc) is 2.54. The van der Waals surface area contributed by atoms with Gasteiger partial charge in [0.2, 0.25) is 10.4 Å². The normalized spacial score (nSPS) is 18.2. The molecule has 2 heterocycles. The topological polar surface area (TPSA) is 29.0 Å². The number of anilines is 1. The van der Waals surface area contributed by atoms with E-state index in [2.05, 4.69) is 20.7 Å². The Kier molecular flexibility index (Phi) is 2.46. The third-order valence-electron chi connectivity index (χ3n) is 1.88. The quantitative estimate of drug-likeness (QED) is 0.698. The Morgan fingerprint density at radius 3 is 2.75 bits per heavy atom. The van der Waals surface area contributed by atoms with Crippen LogP contribution in [0.1, 0.15) is 12.8 Å². The summed E-state index contributed by atoms with van der Waals surface area (Å²) >= 11 is 6.94. The van der Waals surface area contributed by atoms with Crippen LogP contribution in [-0.4, -0.2) is 22.4 Å². The number of halogens is 1. The van der Waals surface area contributed by atoms with Crippen LogP contribution in [0.2, 0.25) is 4.47 Å². The van der Waals surface area contributed by atoms with E-state index in [0.717, 1.165) is 31.9 Å². The maximum atomic E-state index is 5.69. The molecule has 65 valence electrons. The molecule has 0 amide bonds. The van der Waals surface area contributed by atoms with Gasteiger partial charge in [0.05, 0.1) is 0 Å². The molecule has 5 heteroatoms. The van der Waals surface area contributed by atoms with Crippen molar-refractivity contribution in [3.05, 3.63) is 10.9 Å². The van der Waals surface area contributed by atoms with Crippen LogP contribution >= 0.6 is 23.1 Å². The Hall–Kier alpha value is -0.350. The van der Waals surface area contributed by atoms with Gasteiger partial charge in [-0.15, -0.1) is 0 Å². The predicted octanol–water partition coefficient (Wildman–Crippen LogP) is 2.00. The summed E-state index contributed by atoms with van der Waals surface area (Å²) in [6, 6.07) is 0. The molecule has 12 heavy (non-hydrogen) atoms. The number of piperidine rings is 1. The van der Waals surface area contributed by atoms with Crippen molar-refractivity contribution in [2.75, 3.05) is 18.0 Å². The predicted molar refractivity (Wildman–Crippen MR) is 50.7 cm³/mol. The van der Waals surface area contributed by atoms with Crippen molar-refractivity contribution < 1.29 is 0 Å². The van der Waals surface area contributed by atoms with Crippen LogP contribution < -0.4 is 4.90 Å². The Morgan fingerprint density at radius 1 is 1.42 bits per heavy atom. The van der Waals surface area contributed by atoms with Crippen LogP contribution in [0.25, 0.3) is 0 Å². The van der Waals surface area contributed by atoms with E-state index in [-0.39, 0.29) is 0 Å². The van der Waals surface area contributed by atoms with Gasteiger partial charge in [0, 0.05) is 24.6 Å². The van der Waals surface area contributed by atoms with Crippen molar-refractivity contribution >= 4 is 29.1 Å². The lowest BCUT2D eigenvalue weighted by Crippen LogP contribution is -2.30. The summed E-state index contributed by atoms with van der Waals surface area (Å²) in [5.41, 5.74) is 0. The lowest BCUT2D eigenvalue weighted by Gasteiger charge is -2.24. The SMILES string of the molecule is Clc1nc(N2CC[CH]CC2)ns1. The molecule has 0 atom stereocenters. The van der Waals surface area contributed by atoms with Gasteiger partial charge in [-0.05, 0) is 30.9 Å². The highest BCUT2D eigenvalue weighted by Crippen LogP contribution is 2.20. The average molecular weight is 203 g/mol. The van der Waals surface area contributed by atoms with Gasteiger partial charge in [-0.2, -0.15) is 9.36 Å². The molecule has 1 aromatic heterocycles. The lowest BCUT2D eigenvalue weighted by molar-refractivity contribution is 0.666. The number of nitrogens with zero attached hydrogens (tertiary/aromatic N) is 3. The molecular formula is C7H9ClN3S. The summed E-state index contributed by atoms with van der Waals surface area (Å²) in [6.45, 7) is 2.04. The summed E-state index contributed by atoms with van der Waals surface area (Å²) in [4.78, 5) is 6.29. The smallest absolute Gasteiger partial charge is 0.238 e. The van der Waals surface area contributed by atoms with Gasteiger partial charge in [0.25, 0.3) is 0 Å². The summed E-state index contributed by atoms with van der Waals surface area (Å²) in [5, 5.41) is 0. The zero-order chi connectivity index (χ0) is 8.39. The highest BCUT2D eigenvalue weighted by molar-refractivity contribution is 7.10. The number of aromatic nitrogens is 2. The van der Waals surface area contributed by atoms with E-state index < -0.39 is 0 Å². The van der Waals surface area contributed by atoms with Gasteiger partial charge in [0.15, 0.2) is 0 Å². The van der Waals surface area contributed by atoms with Crippen molar-refractivity contribution in [3.63, 3.8) is 0 Å². The van der Waals surface area contributed by atoms with Crippen molar-refractivity contribution in [3.8, 4) is 0 Å². The highest BCUT2D eigenvalue weighted by Gasteiger charge is 2.14. The Balaban J connectivity index is 2.08. The van der Waals surface area contributed by atoms with Crippen LogP contribution in [0.4, 0.5) is 5.95 Å². The molecule has 0 aromatic carbocycles. The van der Waals surface area contributed by atoms with Gasteiger partial charge in [0.1, 0.15) is 0 Å². The Bertz CT molecular complexity index is 257. The van der Waals surface area contributed by atoms with Crippen LogP contribution in [-0.2, 0) is 0 Å². The third kappa shape index (κ3) is 1.69. The van der Waals surface area contributed by atoms with Gasteiger partial charge in [-0.1, -0.05) is 0 Å². The van der Waals surface area contributed by atoms with E-state index in [4.69, 9.17) is 11.6 Å². The fourth-order valence-corrected chi connectivity index (χ4v) is 1.89. The number of hydrogen-bond donors (Lipinski definition) is 0. The van der Waals surface area contributed by atoms with Crippen molar-refractivity contribution in [1.29, 1.82) is 0 Å². The van der Waals surface area contributed by atoms with E-state index in [9.17, 15) is 0 Å². The molecule has 0 spiro atoms. The molecule has 0 bridgehead atoms. The Labute approximate surface area is 80.5 Å². The zero-order valence-electron chi connectivity index (χ0n) is 6.53. The van der Waals surface area contributed by atoms with Crippen LogP contribution in [0.5, 0.6) is 0 Å². The fourth-order valence-electron chi connectivity index (χ4n) is 1.28. The largest absolute Gasteiger partial charge is 0.340 e. The van der Waals surface area contributed by atoms with E-state index >= 15 is 0 Å². The van der Waals surface area contributed by atoms with Crippen molar-refractivity contribution in [2.45, 2.75) is 12.8 Å². The molecule has 0 saturated carbocycles. The van der Waals surface area contributed by atoms with E-state index in [1.165, 1.54) is 11.5 Å². The maximum absolute atomic E-state index is 5.69.